The standard InChI is InChI=1S/C25H31F6N3O3S/c26-24(27,28)16-33-15-23(32-38(33,36)37)21-5-6-22(23)14-19-12-17(3-4-18(19)13-21)2-1-9-34(35)10-7-20(8-11-34)25(29,30)31/h1-4,12,20-22,32H,5-11,13-16H2/b2-1+/t20?,21-,22+,23-,34?/m0/s1. The molecule has 2 bridgehead atoms. The van der Waals surface area contributed by atoms with Crippen LogP contribution in [0.2, 0.25) is 0 Å². The number of halogens is 6. The van der Waals surface area contributed by atoms with Gasteiger partial charge in [-0.2, -0.15) is 43.8 Å². The molecule has 4 aliphatic rings. The number of hydrogen-bond donors (Lipinski definition) is 1. The van der Waals surface area contributed by atoms with Gasteiger partial charge in [0, 0.05) is 19.4 Å². The van der Waals surface area contributed by atoms with Gasteiger partial charge in [0.15, 0.2) is 0 Å². The first-order valence-corrected chi connectivity index (χ1v) is 14.3. The number of fused-ring (bicyclic) bond motifs is 1. The summed E-state index contributed by atoms with van der Waals surface area (Å²) in [6.07, 6.45) is -3.27. The molecule has 2 aliphatic heterocycles. The molecule has 1 N–H and O–H groups in total. The van der Waals surface area contributed by atoms with Crippen molar-refractivity contribution in [3.63, 3.8) is 0 Å². The molecule has 2 heterocycles. The van der Waals surface area contributed by atoms with Crippen LogP contribution in [0.1, 0.15) is 42.4 Å². The van der Waals surface area contributed by atoms with Crippen LogP contribution in [0.3, 0.4) is 0 Å². The van der Waals surface area contributed by atoms with Crippen LogP contribution in [0.15, 0.2) is 24.3 Å². The van der Waals surface area contributed by atoms with Gasteiger partial charge in [0.25, 0.3) is 10.2 Å². The number of benzene rings is 1. The fraction of sp³-hybridized carbons (Fsp3) is 0.680. The Morgan fingerprint density at radius 2 is 1.66 bits per heavy atom. The number of alkyl halides is 6. The van der Waals surface area contributed by atoms with Crippen LogP contribution in [-0.4, -0.2) is 68.0 Å². The molecule has 0 radical (unpaired) electrons. The van der Waals surface area contributed by atoms with Gasteiger partial charge >= 0.3 is 12.4 Å². The number of rotatable bonds is 4. The van der Waals surface area contributed by atoms with Crippen molar-refractivity contribution in [2.75, 3.05) is 32.7 Å². The van der Waals surface area contributed by atoms with E-state index in [1.165, 1.54) is 0 Å². The molecule has 5 rings (SSSR count). The van der Waals surface area contributed by atoms with E-state index in [2.05, 4.69) is 4.72 Å². The second-order valence-corrected chi connectivity index (χ2v) is 13.0. The van der Waals surface area contributed by atoms with Crippen molar-refractivity contribution in [1.29, 1.82) is 0 Å². The molecule has 3 atom stereocenters. The fourth-order valence-corrected chi connectivity index (χ4v) is 8.60. The average Bonchev–Trinajstić information content (AvgIpc) is 3.17. The summed E-state index contributed by atoms with van der Waals surface area (Å²) in [5.41, 5.74) is 1.91. The third kappa shape index (κ3) is 5.49. The Kier molecular flexibility index (Phi) is 6.94. The SMILES string of the molecule is O=S1(=O)N[C@]2(CN1CC(F)(F)F)[C@@H]1CC[C@H]2Cc2ccc(/C=C/C[N+]3([O-])CCC(C(F)(F)F)CC3)cc2C1. The Hall–Kier alpha value is -1.67. The number of nitrogens with zero attached hydrogens (tertiary/aromatic N) is 2. The highest BCUT2D eigenvalue weighted by atomic mass is 32.2. The molecule has 1 aromatic rings. The lowest BCUT2D eigenvalue weighted by Gasteiger charge is -2.47. The molecule has 1 saturated carbocycles. The van der Waals surface area contributed by atoms with Crippen LogP contribution < -0.4 is 4.72 Å². The largest absolute Gasteiger partial charge is 0.633 e. The lowest BCUT2D eigenvalue weighted by Crippen LogP contribution is -2.52. The van der Waals surface area contributed by atoms with Gasteiger partial charge in [-0.25, -0.2) is 0 Å². The molecule has 0 amide bonds. The van der Waals surface area contributed by atoms with E-state index >= 15 is 0 Å². The highest BCUT2D eigenvalue weighted by Gasteiger charge is 2.60. The Bertz CT molecular complexity index is 1190. The van der Waals surface area contributed by atoms with Gasteiger partial charge in [0.2, 0.25) is 0 Å². The maximum Gasteiger partial charge on any atom is 0.402 e. The van der Waals surface area contributed by atoms with E-state index in [0.29, 0.717) is 23.6 Å². The normalized spacial score (nSPS) is 35.6. The maximum absolute atomic E-state index is 13.1. The van der Waals surface area contributed by atoms with Gasteiger partial charge < -0.3 is 9.85 Å². The topological polar surface area (TPSA) is 72.5 Å². The molecule has 0 aromatic heterocycles. The van der Waals surface area contributed by atoms with E-state index in [4.69, 9.17) is 0 Å². The van der Waals surface area contributed by atoms with Crippen LogP contribution in [-0.2, 0) is 23.1 Å². The van der Waals surface area contributed by atoms with Crippen molar-refractivity contribution >= 4 is 16.3 Å². The van der Waals surface area contributed by atoms with Crippen molar-refractivity contribution < 1.29 is 39.4 Å². The predicted octanol–water partition coefficient (Wildman–Crippen LogP) is 4.56. The number of quaternary nitrogens is 1. The molecule has 2 aliphatic carbocycles. The van der Waals surface area contributed by atoms with E-state index in [0.717, 1.165) is 23.1 Å². The van der Waals surface area contributed by atoms with Crippen molar-refractivity contribution in [1.82, 2.24) is 9.03 Å². The number of hydrogen-bond acceptors (Lipinski definition) is 3. The summed E-state index contributed by atoms with van der Waals surface area (Å²) in [6.45, 7) is -1.80. The van der Waals surface area contributed by atoms with Crippen LogP contribution in [0, 0.1) is 23.0 Å². The molecule has 6 nitrogen and oxygen atoms in total. The molecule has 13 heteroatoms. The van der Waals surface area contributed by atoms with Crippen LogP contribution in [0.4, 0.5) is 26.3 Å². The van der Waals surface area contributed by atoms with Crippen molar-refractivity contribution in [3.8, 4) is 0 Å². The van der Waals surface area contributed by atoms with Crippen molar-refractivity contribution in [2.45, 2.75) is 56.4 Å². The molecular weight excluding hydrogens is 536 g/mol. The second kappa shape index (κ2) is 9.46. The zero-order valence-electron chi connectivity index (χ0n) is 20.7. The van der Waals surface area contributed by atoms with Gasteiger partial charge in [-0.3, -0.25) is 0 Å². The minimum atomic E-state index is -4.63. The van der Waals surface area contributed by atoms with E-state index in [1.807, 2.05) is 18.2 Å². The minimum absolute atomic E-state index is 0.0757. The van der Waals surface area contributed by atoms with Crippen molar-refractivity contribution in [2.24, 2.45) is 17.8 Å². The molecule has 2 saturated heterocycles. The quantitative estimate of drug-likeness (QED) is 0.330. The Labute approximate surface area is 218 Å². The zero-order chi connectivity index (χ0) is 27.6. The smallest absolute Gasteiger partial charge is 0.402 e. The Balaban J connectivity index is 1.28. The summed E-state index contributed by atoms with van der Waals surface area (Å²) in [6, 6.07) is 5.78. The molecule has 38 heavy (non-hydrogen) atoms. The molecule has 3 fully saturated rings. The Morgan fingerprint density at radius 1 is 1.03 bits per heavy atom. The average molecular weight is 568 g/mol. The van der Waals surface area contributed by atoms with Crippen LogP contribution in [0.25, 0.3) is 6.08 Å². The summed E-state index contributed by atoms with van der Waals surface area (Å²) >= 11 is 0. The maximum atomic E-state index is 13.1. The third-order valence-electron chi connectivity index (χ3n) is 8.92. The molecule has 1 aromatic carbocycles. The fourth-order valence-electron chi connectivity index (χ4n) is 6.90. The monoisotopic (exact) mass is 567 g/mol. The summed E-state index contributed by atoms with van der Waals surface area (Å²) < 4.78 is 106. The van der Waals surface area contributed by atoms with E-state index in [-0.39, 0.29) is 50.9 Å². The van der Waals surface area contributed by atoms with Crippen LogP contribution >= 0.6 is 0 Å². The first kappa shape index (κ1) is 27.9. The van der Waals surface area contributed by atoms with Crippen molar-refractivity contribution in [3.05, 3.63) is 46.2 Å². The number of nitrogens with one attached hydrogen (secondary N) is 1. The minimum Gasteiger partial charge on any atom is -0.633 e. The first-order valence-electron chi connectivity index (χ1n) is 12.9. The highest BCUT2D eigenvalue weighted by molar-refractivity contribution is 7.87. The lowest BCUT2D eigenvalue weighted by atomic mass is 9.79. The molecule has 1 spiro atoms. The number of hydroxylamine groups is 3. The van der Waals surface area contributed by atoms with Gasteiger partial charge in [-0.15, -0.1) is 0 Å². The highest BCUT2D eigenvalue weighted by Crippen LogP contribution is 2.50. The van der Waals surface area contributed by atoms with E-state index in [1.54, 1.807) is 12.2 Å². The summed E-state index contributed by atoms with van der Waals surface area (Å²) in [7, 11) is -4.25. The molecule has 0 unspecified atom stereocenters. The zero-order valence-corrected chi connectivity index (χ0v) is 21.5. The summed E-state index contributed by atoms with van der Waals surface area (Å²) in [5.74, 6) is -1.68. The first-order chi connectivity index (χ1) is 17.6. The van der Waals surface area contributed by atoms with Gasteiger partial charge in [-0.1, -0.05) is 24.3 Å². The summed E-state index contributed by atoms with van der Waals surface area (Å²) in [5, 5.41) is 12.8. The van der Waals surface area contributed by atoms with E-state index in [9.17, 15) is 40.0 Å². The lowest BCUT2D eigenvalue weighted by molar-refractivity contribution is -0.881. The molecular formula is C25H31F6N3O3S. The van der Waals surface area contributed by atoms with Gasteiger partial charge in [-0.05, 0) is 60.3 Å². The number of piperidine rings is 1. The Morgan fingerprint density at radius 3 is 2.26 bits per heavy atom. The van der Waals surface area contributed by atoms with E-state index < -0.39 is 45.2 Å². The third-order valence-corrected chi connectivity index (χ3v) is 10.5. The van der Waals surface area contributed by atoms with Crippen LogP contribution in [0.5, 0.6) is 0 Å². The number of likely N-dealkylation sites (tertiary alicyclic amines) is 1. The van der Waals surface area contributed by atoms with Gasteiger partial charge in [0.05, 0.1) is 31.1 Å². The predicted molar refractivity (Wildman–Crippen MR) is 129 cm³/mol. The summed E-state index contributed by atoms with van der Waals surface area (Å²) in [4.78, 5) is 0. The molecule has 212 valence electrons. The van der Waals surface area contributed by atoms with Gasteiger partial charge in [0.1, 0.15) is 6.54 Å². The second-order valence-electron chi connectivity index (χ2n) is 11.3.